The van der Waals surface area contributed by atoms with Crippen molar-refractivity contribution < 1.29 is 9.53 Å². The molecule has 174 valence electrons. The first kappa shape index (κ1) is 22.3. The molecule has 2 fully saturated rings. The van der Waals surface area contributed by atoms with Crippen LogP contribution in [-0.2, 0) is 16.1 Å². The summed E-state index contributed by atoms with van der Waals surface area (Å²) in [6.07, 6.45) is 8.18. The number of pyridine rings is 3. The van der Waals surface area contributed by atoms with E-state index in [2.05, 4.69) is 48.4 Å². The number of fused-ring (bicyclic) bond motifs is 1. The predicted molar refractivity (Wildman–Crippen MR) is 131 cm³/mol. The van der Waals surface area contributed by atoms with Crippen LogP contribution in [0.4, 0.5) is 11.6 Å². The van der Waals surface area contributed by atoms with Crippen LogP contribution in [0.5, 0.6) is 0 Å². The lowest BCUT2D eigenvalue weighted by atomic mass is 10.1. The van der Waals surface area contributed by atoms with Crippen LogP contribution in [0, 0.1) is 17.8 Å². The van der Waals surface area contributed by atoms with Gasteiger partial charge in [0, 0.05) is 62.5 Å². The van der Waals surface area contributed by atoms with Gasteiger partial charge in [0.2, 0.25) is 5.91 Å². The van der Waals surface area contributed by atoms with Crippen molar-refractivity contribution in [2.75, 3.05) is 44.0 Å². The fourth-order valence-electron chi connectivity index (χ4n) is 4.02. The van der Waals surface area contributed by atoms with Gasteiger partial charge in [-0.2, -0.15) is 0 Å². The number of ether oxygens (including phenoxy) is 1. The zero-order chi connectivity index (χ0) is 23.3. The quantitative estimate of drug-likeness (QED) is 0.551. The van der Waals surface area contributed by atoms with Gasteiger partial charge in [0.05, 0.1) is 18.8 Å². The van der Waals surface area contributed by atoms with E-state index in [-0.39, 0.29) is 5.91 Å². The summed E-state index contributed by atoms with van der Waals surface area (Å²) in [4.78, 5) is 28.0. The number of amides is 1. The number of aromatic nitrogens is 3. The minimum atomic E-state index is 0.00579. The zero-order valence-corrected chi connectivity index (χ0v) is 19.3. The number of hydrogen-bond acceptors (Lipinski definition) is 7. The van der Waals surface area contributed by atoms with E-state index in [1.807, 2.05) is 25.4 Å². The van der Waals surface area contributed by atoms with E-state index in [9.17, 15) is 4.79 Å². The van der Waals surface area contributed by atoms with Gasteiger partial charge in [0.15, 0.2) is 0 Å². The van der Waals surface area contributed by atoms with Crippen molar-refractivity contribution in [3.8, 4) is 11.8 Å². The van der Waals surface area contributed by atoms with Gasteiger partial charge in [-0.25, -0.2) is 15.0 Å². The lowest BCUT2D eigenvalue weighted by Crippen LogP contribution is -2.35. The SMILES string of the molecule is CNc1ncc(C#Cc2ccc(CN3CCOCC3)cn2)c2cc(NC(=O)CC3CC3)ncc12. The maximum atomic E-state index is 12.2. The van der Waals surface area contributed by atoms with Crippen LogP contribution in [0.15, 0.2) is 36.8 Å². The highest BCUT2D eigenvalue weighted by molar-refractivity contribution is 5.98. The molecular formula is C26H28N6O2. The molecule has 8 heteroatoms. The van der Waals surface area contributed by atoms with E-state index in [1.54, 1.807) is 12.4 Å². The second-order valence-corrected chi connectivity index (χ2v) is 8.77. The number of carbonyl (C=O) groups excluding carboxylic acids is 1. The number of morpholine rings is 1. The van der Waals surface area contributed by atoms with Gasteiger partial charge >= 0.3 is 0 Å². The number of nitrogens with one attached hydrogen (secondary N) is 2. The Kier molecular flexibility index (Phi) is 6.65. The van der Waals surface area contributed by atoms with Gasteiger partial charge in [-0.15, -0.1) is 0 Å². The van der Waals surface area contributed by atoms with Crippen LogP contribution in [0.25, 0.3) is 10.8 Å². The van der Waals surface area contributed by atoms with Crippen molar-refractivity contribution in [3.05, 3.63) is 53.6 Å². The van der Waals surface area contributed by atoms with E-state index < -0.39 is 0 Å². The molecule has 8 nitrogen and oxygen atoms in total. The Labute approximate surface area is 199 Å². The second-order valence-electron chi connectivity index (χ2n) is 8.77. The highest BCUT2D eigenvalue weighted by atomic mass is 16.5. The maximum Gasteiger partial charge on any atom is 0.225 e. The summed E-state index contributed by atoms with van der Waals surface area (Å²) in [7, 11) is 1.82. The average molecular weight is 457 g/mol. The lowest BCUT2D eigenvalue weighted by molar-refractivity contribution is -0.116. The van der Waals surface area contributed by atoms with Gasteiger partial charge in [0.25, 0.3) is 0 Å². The Hall–Kier alpha value is -3.54. The van der Waals surface area contributed by atoms with E-state index in [0.717, 1.165) is 73.4 Å². The van der Waals surface area contributed by atoms with E-state index in [4.69, 9.17) is 4.74 Å². The molecule has 4 heterocycles. The van der Waals surface area contributed by atoms with Crippen LogP contribution in [0.3, 0.4) is 0 Å². The minimum absolute atomic E-state index is 0.00579. The Morgan fingerprint density at radius 3 is 2.68 bits per heavy atom. The van der Waals surface area contributed by atoms with Gasteiger partial charge in [-0.05, 0) is 42.4 Å². The maximum absolute atomic E-state index is 12.2. The average Bonchev–Trinajstić information content (AvgIpc) is 3.68. The van der Waals surface area contributed by atoms with Crippen molar-refractivity contribution >= 4 is 28.3 Å². The number of rotatable bonds is 6. The molecule has 3 aromatic rings. The Balaban J connectivity index is 1.36. The first-order chi connectivity index (χ1) is 16.7. The molecule has 1 saturated heterocycles. The number of anilines is 2. The summed E-state index contributed by atoms with van der Waals surface area (Å²) in [6.45, 7) is 4.33. The van der Waals surface area contributed by atoms with Crippen molar-refractivity contribution in [2.24, 2.45) is 5.92 Å². The molecule has 0 radical (unpaired) electrons. The molecule has 1 amide bonds. The Bertz CT molecular complexity index is 1240. The van der Waals surface area contributed by atoms with Gasteiger partial charge in [-0.3, -0.25) is 9.69 Å². The summed E-state index contributed by atoms with van der Waals surface area (Å²) in [5, 5.41) is 7.75. The molecule has 3 aromatic heterocycles. The smallest absolute Gasteiger partial charge is 0.225 e. The standard InChI is InChI=1S/C26H28N6O2/c1-27-26-23-16-29-24(31-25(33)12-18-2-3-18)13-22(23)20(15-30-26)5-7-21-6-4-19(14-28-21)17-32-8-10-34-11-9-32/h4,6,13-16,18H,2-3,8-12,17H2,1H3,(H,27,30)(H,29,31,33). The second kappa shape index (κ2) is 10.2. The molecule has 2 N–H and O–H groups in total. The Morgan fingerprint density at radius 1 is 1.09 bits per heavy atom. The summed E-state index contributed by atoms with van der Waals surface area (Å²) >= 11 is 0. The summed E-state index contributed by atoms with van der Waals surface area (Å²) in [5.74, 6) is 8.14. The molecular weight excluding hydrogens is 428 g/mol. The summed E-state index contributed by atoms with van der Waals surface area (Å²) < 4.78 is 5.41. The molecule has 0 unspecified atom stereocenters. The molecule has 0 bridgehead atoms. The van der Waals surface area contributed by atoms with Crippen LogP contribution in [0.1, 0.15) is 36.1 Å². The fraction of sp³-hybridized carbons (Fsp3) is 0.385. The molecule has 0 atom stereocenters. The van der Waals surface area contributed by atoms with Crippen LogP contribution in [-0.4, -0.2) is 59.1 Å². The van der Waals surface area contributed by atoms with Gasteiger partial charge < -0.3 is 15.4 Å². The molecule has 0 aromatic carbocycles. The fourth-order valence-corrected chi connectivity index (χ4v) is 4.02. The van der Waals surface area contributed by atoms with E-state index in [1.165, 1.54) is 0 Å². The highest BCUT2D eigenvalue weighted by Crippen LogP contribution is 2.32. The number of nitrogens with zero attached hydrogens (tertiary/aromatic N) is 4. The van der Waals surface area contributed by atoms with Crippen molar-refractivity contribution in [1.29, 1.82) is 0 Å². The molecule has 34 heavy (non-hydrogen) atoms. The van der Waals surface area contributed by atoms with E-state index >= 15 is 0 Å². The third-order valence-electron chi connectivity index (χ3n) is 6.11. The molecule has 2 aliphatic rings. The van der Waals surface area contributed by atoms with Gasteiger partial charge in [-0.1, -0.05) is 12.0 Å². The lowest BCUT2D eigenvalue weighted by Gasteiger charge is -2.26. The number of carbonyl (C=O) groups is 1. The molecule has 1 aliphatic heterocycles. The summed E-state index contributed by atoms with van der Waals surface area (Å²) in [5.41, 5.74) is 2.62. The van der Waals surface area contributed by atoms with Crippen LogP contribution < -0.4 is 10.6 Å². The first-order valence-electron chi connectivity index (χ1n) is 11.7. The van der Waals surface area contributed by atoms with Crippen molar-refractivity contribution in [3.63, 3.8) is 0 Å². The van der Waals surface area contributed by atoms with Crippen LogP contribution >= 0.6 is 0 Å². The van der Waals surface area contributed by atoms with Crippen LogP contribution in [0.2, 0.25) is 0 Å². The molecule has 1 saturated carbocycles. The minimum Gasteiger partial charge on any atom is -0.379 e. The molecule has 5 rings (SSSR count). The largest absolute Gasteiger partial charge is 0.379 e. The van der Waals surface area contributed by atoms with E-state index in [0.29, 0.717) is 23.9 Å². The monoisotopic (exact) mass is 456 g/mol. The third-order valence-corrected chi connectivity index (χ3v) is 6.11. The zero-order valence-electron chi connectivity index (χ0n) is 19.3. The highest BCUT2D eigenvalue weighted by Gasteiger charge is 2.24. The molecule has 0 spiro atoms. The topological polar surface area (TPSA) is 92.3 Å². The normalized spacial score (nSPS) is 16.0. The molecule has 1 aliphatic carbocycles. The Morgan fingerprint density at radius 2 is 1.94 bits per heavy atom. The van der Waals surface area contributed by atoms with Crippen molar-refractivity contribution in [2.45, 2.75) is 25.8 Å². The van der Waals surface area contributed by atoms with Gasteiger partial charge in [0.1, 0.15) is 17.3 Å². The van der Waals surface area contributed by atoms with Crippen molar-refractivity contribution in [1.82, 2.24) is 19.9 Å². The first-order valence-corrected chi connectivity index (χ1v) is 11.7. The predicted octanol–water partition coefficient (Wildman–Crippen LogP) is 3.04. The third kappa shape index (κ3) is 5.50. The number of hydrogen-bond donors (Lipinski definition) is 2. The summed E-state index contributed by atoms with van der Waals surface area (Å²) in [6, 6.07) is 5.89.